The van der Waals surface area contributed by atoms with E-state index in [9.17, 15) is 4.79 Å². The fourth-order valence-corrected chi connectivity index (χ4v) is 1.63. The molecule has 0 radical (unpaired) electrons. The van der Waals surface area contributed by atoms with Crippen LogP contribution >= 0.6 is 0 Å². The van der Waals surface area contributed by atoms with E-state index in [4.69, 9.17) is 18.9 Å². The first-order valence-corrected chi connectivity index (χ1v) is 4.60. The van der Waals surface area contributed by atoms with Gasteiger partial charge in [0.2, 0.25) is 0 Å². The fraction of sp³-hybridized carbons (Fsp3) is 0.700. The standard InChI is InChI=1S/C10H16O5/c1-6-8(13-3)9(14-4)7(5-12-2)15-10(6)11/h7-9H,1,5H2,2-4H3/t7-,8-,9-/m1/s1. The Balaban J connectivity index is 2.82. The van der Waals surface area contributed by atoms with Gasteiger partial charge in [0, 0.05) is 21.3 Å². The number of carbonyl (C=O) groups is 1. The zero-order valence-corrected chi connectivity index (χ0v) is 9.19. The lowest BCUT2D eigenvalue weighted by Gasteiger charge is -2.36. The van der Waals surface area contributed by atoms with Gasteiger partial charge in [-0.1, -0.05) is 6.58 Å². The first-order chi connectivity index (χ1) is 7.15. The van der Waals surface area contributed by atoms with Gasteiger partial charge in [-0.25, -0.2) is 4.79 Å². The lowest BCUT2D eigenvalue weighted by Crippen LogP contribution is -2.51. The third-order valence-corrected chi connectivity index (χ3v) is 2.39. The van der Waals surface area contributed by atoms with Crippen LogP contribution in [0.2, 0.25) is 0 Å². The average Bonchev–Trinajstić information content (AvgIpc) is 2.23. The molecule has 1 aliphatic rings. The number of cyclic esters (lactones) is 1. The molecule has 86 valence electrons. The molecule has 5 heteroatoms. The van der Waals surface area contributed by atoms with Crippen molar-refractivity contribution in [1.29, 1.82) is 0 Å². The molecule has 0 N–H and O–H groups in total. The van der Waals surface area contributed by atoms with Gasteiger partial charge >= 0.3 is 5.97 Å². The number of rotatable bonds is 4. The van der Waals surface area contributed by atoms with Crippen LogP contribution in [0.3, 0.4) is 0 Å². The Morgan fingerprint density at radius 3 is 2.47 bits per heavy atom. The van der Waals surface area contributed by atoms with Crippen LogP contribution in [0, 0.1) is 0 Å². The van der Waals surface area contributed by atoms with E-state index < -0.39 is 18.2 Å². The Morgan fingerprint density at radius 2 is 2.00 bits per heavy atom. The van der Waals surface area contributed by atoms with Gasteiger partial charge in [-0.2, -0.15) is 0 Å². The third kappa shape index (κ3) is 2.37. The molecule has 1 fully saturated rings. The molecule has 0 aromatic rings. The highest BCUT2D eigenvalue weighted by atomic mass is 16.6. The van der Waals surface area contributed by atoms with E-state index in [0.717, 1.165) is 0 Å². The Kier molecular flexibility index (Phi) is 4.26. The number of hydrogen-bond acceptors (Lipinski definition) is 5. The van der Waals surface area contributed by atoms with E-state index in [1.54, 1.807) is 0 Å². The smallest absolute Gasteiger partial charge is 0.336 e. The first-order valence-electron chi connectivity index (χ1n) is 4.60. The second-order valence-electron chi connectivity index (χ2n) is 3.28. The van der Waals surface area contributed by atoms with Crippen LogP contribution in [0.25, 0.3) is 0 Å². The minimum absolute atomic E-state index is 0.275. The molecule has 0 aromatic heterocycles. The van der Waals surface area contributed by atoms with Gasteiger partial charge in [0.05, 0.1) is 12.2 Å². The molecule has 0 saturated carbocycles. The summed E-state index contributed by atoms with van der Waals surface area (Å²) in [6.45, 7) is 3.90. The molecule has 1 rings (SSSR count). The van der Waals surface area contributed by atoms with Crippen LogP contribution in [-0.4, -0.2) is 52.2 Å². The summed E-state index contributed by atoms with van der Waals surface area (Å²) >= 11 is 0. The molecule has 0 bridgehead atoms. The van der Waals surface area contributed by atoms with E-state index >= 15 is 0 Å². The van der Waals surface area contributed by atoms with Crippen LogP contribution in [-0.2, 0) is 23.7 Å². The van der Waals surface area contributed by atoms with Crippen molar-refractivity contribution in [2.75, 3.05) is 27.9 Å². The normalized spacial score (nSPS) is 31.5. The summed E-state index contributed by atoms with van der Waals surface area (Å²) < 4.78 is 20.5. The fourth-order valence-electron chi connectivity index (χ4n) is 1.63. The van der Waals surface area contributed by atoms with Crippen molar-refractivity contribution in [3.63, 3.8) is 0 Å². The van der Waals surface area contributed by atoms with Crippen molar-refractivity contribution in [2.24, 2.45) is 0 Å². The second kappa shape index (κ2) is 5.25. The van der Waals surface area contributed by atoms with E-state index in [2.05, 4.69) is 6.58 Å². The van der Waals surface area contributed by atoms with Crippen LogP contribution in [0.15, 0.2) is 12.2 Å². The number of ether oxygens (including phenoxy) is 4. The Morgan fingerprint density at radius 1 is 1.33 bits per heavy atom. The van der Waals surface area contributed by atoms with Crippen LogP contribution in [0.1, 0.15) is 0 Å². The number of esters is 1. The maximum Gasteiger partial charge on any atom is 0.336 e. The molecular weight excluding hydrogens is 200 g/mol. The highest BCUT2D eigenvalue weighted by Gasteiger charge is 2.42. The third-order valence-electron chi connectivity index (χ3n) is 2.39. The van der Waals surface area contributed by atoms with Crippen molar-refractivity contribution >= 4 is 5.97 Å². The molecule has 15 heavy (non-hydrogen) atoms. The van der Waals surface area contributed by atoms with E-state index in [-0.39, 0.29) is 18.3 Å². The van der Waals surface area contributed by atoms with E-state index in [1.165, 1.54) is 21.3 Å². The SMILES string of the molecule is C=C1C(=O)O[C@H](COC)[C@@H](OC)[C@@H]1OC. The summed E-state index contributed by atoms with van der Waals surface area (Å²) in [6, 6.07) is 0. The number of hydrogen-bond donors (Lipinski definition) is 0. The summed E-state index contributed by atoms with van der Waals surface area (Å²) in [6.07, 6.45) is -1.31. The second-order valence-corrected chi connectivity index (χ2v) is 3.28. The van der Waals surface area contributed by atoms with Gasteiger partial charge in [0.15, 0.2) is 6.10 Å². The average molecular weight is 216 g/mol. The Labute approximate surface area is 88.9 Å². The summed E-state index contributed by atoms with van der Waals surface area (Å²) in [4.78, 5) is 11.4. The van der Waals surface area contributed by atoms with Gasteiger partial charge in [-0.05, 0) is 0 Å². The maximum atomic E-state index is 11.4. The molecule has 0 aliphatic carbocycles. The lowest BCUT2D eigenvalue weighted by atomic mass is 9.98. The van der Waals surface area contributed by atoms with Crippen molar-refractivity contribution in [3.05, 3.63) is 12.2 Å². The summed E-state index contributed by atoms with van der Waals surface area (Å²) in [5, 5.41) is 0. The van der Waals surface area contributed by atoms with Gasteiger partial charge in [-0.15, -0.1) is 0 Å². The summed E-state index contributed by atoms with van der Waals surface area (Å²) in [5.74, 6) is -0.461. The molecule has 3 atom stereocenters. The van der Waals surface area contributed by atoms with Crippen LogP contribution < -0.4 is 0 Å². The van der Waals surface area contributed by atoms with E-state index in [1.807, 2.05) is 0 Å². The molecule has 0 aromatic carbocycles. The minimum Gasteiger partial charge on any atom is -0.454 e. The molecule has 5 nitrogen and oxygen atoms in total. The van der Waals surface area contributed by atoms with Gasteiger partial charge in [0.1, 0.15) is 12.2 Å². The number of methoxy groups -OCH3 is 3. The predicted molar refractivity (Wildman–Crippen MR) is 52.5 cm³/mol. The highest BCUT2D eigenvalue weighted by molar-refractivity contribution is 5.90. The molecule has 0 amide bonds. The van der Waals surface area contributed by atoms with Gasteiger partial charge in [-0.3, -0.25) is 0 Å². The topological polar surface area (TPSA) is 54.0 Å². The summed E-state index contributed by atoms with van der Waals surface area (Å²) in [5.41, 5.74) is 0.275. The highest BCUT2D eigenvalue weighted by Crippen LogP contribution is 2.24. The Bertz CT molecular complexity index is 250. The lowest BCUT2D eigenvalue weighted by molar-refractivity contribution is -0.178. The summed E-state index contributed by atoms with van der Waals surface area (Å²) in [7, 11) is 4.57. The monoisotopic (exact) mass is 216 g/mol. The minimum atomic E-state index is -0.476. The molecular formula is C10H16O5. The van der Waals surface area contributed by atoms with Gasteiger partial charge in [0.25, 0.3) is 0 Å². The van der Waals surface area contributed by atoms with Crippen molar-refractivity contribution in [2.45, 2.75) is 18.3 Å². The van der Waals surface area contributed by atoms with Crippen molar-refractivity contribution < 1.29 is 23.7 Å². The molecule has 1 heterocycles. The molecule has 1 saturated heterocycles. The van der Waals surface area contributed by atoms with Crippen molar-refractivity contribution in [3.8, 4) is 0 Å². The molecule has 1 aliphatic heterocycles. The van der Waals surface area contributed by atoms with Gasteiger partial charge < -0.3 is 18.9 Å². The van der Waals surface area contributed by atoms with Crippen LogP contribution in [0.4, 0.5) is 0 Å². The largest absolute Gasteiger partial charge is 0.454 e. The zero-order chi connectivity index (χ0) is 11.4. The number of carbonyl (C=O) groups excluding carboxylic acids is 1. The van der Waals surface area contributed by atoms with Crippen LogP contribution in [0.5, 0.6) is 0 Å². The Hall–Kier alpha value is -0.910. The quantitative estimate of drug-likeness (QED) is 0.494. The van der Waals surface area contributed by atoms with Crippen molar-refractivity contribution in [1.82, 2.24) is 0 Å². The predicted octanol–water partition coefficient (Wildman–Crippen LogP) is 0.144. The first kappa shape index (κ1) is 12.2. The maximum absolute atomic E-state index is 11.4. The van der Waals surface area contributed by atoms with E-state index in [0.29, 0.717) is 0 Å². The molecule has 0 unspecified atom stereocenters. The zero-order valence-electron chi connectivity index (χ0n) is 9.19. The molecule has 0 spiro atoms.